The third kappa shape index (κ3) is 8.57. The Kier molecular flexibility index (Phi) is 7.39. The summed E-state index contributed by atoms with van der Waals surface area (Å²) < 4.78 is 81.3. The van der Waals surface area contributed by atoms with Crippen molar-refractivity contribution in [1.29, 1.82) is 0 Å². The molecule has 27 heavy (non-hydrogen) atoms. The van der Waals surface area contributed by atoms with Crippen LogP contribution >= 0.6 is 0 Å². The topological polar surface area (TPSA) is 90.7 Å². The van der Waals surface area contributed by atoms with Crippen molar-refractivity contribution >= 4 is 11.6 Å². The van der Waals surface area contributed by atoms with Crippen LogP contribution in [-0.4, -0.2) is 49.0 Å². The van der Waals surface area contributed by atoms with Gasteiger partial charge in [-0.1, -0.05) is 0 Å². The molecule has 0 fully saturated rings. The van der Waals surface area contributed by atoms with Gasteiger partial charge in [0, 0.05) is 12.1 Å². The van der Waals surface area contributed by atoms with Gasteiger partial charge in [0.25, 0.3) is 11.6 Å². The molecule has 0 bridgehead atoms. The molecule has 1 aromatic carbocycles. The Morgan fingerprint density at radius 2 is 1.78 bits per heavy atom. The number of nitrogens with one attached hydrogen (secondary N) is 1. The molecule has 1 unspecified atom stereocenters. The average molecular weight is 404 g/mol. The van der Waals surface area contributed by atoms with E-state index in [9.17, 15) is 41.3 Å². The standard InChI is InChI=1S/C14H14F6N2O5/c1-8(5-26-6-13(15,16)17)21-12(23)10-4-9(27-7-14(18,19)20)2-3-11(10)22(24)25/h2-4,8H,5-7H2,1H3,(H,21,23). The maximum Gasteiger partial charge on any atom is 0.422 e. The van der Waals surface area contributed by atoms with Crippen LogP contribution in [0.1, 0.15) is 17.3 Å². The van der Waals surface area contributed by atoms with Crippen molar-refractivity contribution in [3.05, 3.63) is 33.9 Å². The molecule has 0 heterocycles. The molecule has 0 radical (unpaired) electrons. The summed E-state index contributed by atoms with van der Waals surface area (Å²) in [5.41, 5.74) is -1.32. The van der Waals surface area contributed by atoms with Crippen LogP contribution in [0.2, 0.25) is 0 Å². The molecule has 0 aliphatic carbocycles. The van der Waals surface area contributed by atoms with Crippen LogP contribution in [0.25, 0.3) is 0 Å². The monoisotopic (exact) mass is 404 g/mol. The first-order valence-electron chi connectivity index (χ1n) is 7.22. The molecule has 0 saturated heterocycles. The molecular formula is C14H14F6N2O5. The zero-order valence-corrected chi connectivity index (χ0v) is 13.7. The lowest BCUT2D eigenvalue weighted by atomic mass is 10.1. The Bertz CT molecular complexity index is 677. The van der Waals surface area contributed by atoms with E-state index in [2.05, 4.69) is 14.8 Å². The van der Waals surface area contributed by atoms with Gasteiger partial charge in [-0.3, -0.25) is 14.9 Å². The summed E-state index contributed by atoms with van der Waals surface area (Å²) in [6, 6.07) is 1.45. The Labute approximate surface area is 148 Å². The quantitative estimate of drug-likeness (QED) is 0.408. The highest BCUT2D eigenvalue weighted by atomic mass is 19.4. The van der Waals surface area contributed by atoms with E-state index in [0.717, 1.165) is 18.2 Å². The van der Waals surface area contributed by atoms with Crippen molar-refractivity contribution in [3.8, 4) is 5.75 Å². The maximum absolute atomic E-state index is 12.2. The van der Waals surface area contributed by atoms with Gasteiger partial charge in [0.2, 0.25) is 0 Å². The number of nitro groups is 1. The fourth-order valence-electron chi connectivity index (χ4n) is 1.81. The highest BCUT2D eigenvalue weighted by Crippen LogP contribution is 2.26. The van der Waals surface area contributed by atoms with E-state index in [1.807, 2.05) is 0 Å². The van der Waals surface area contributed by atoms with Gasteiger partial charge in [0.05, 0.1) is 11.5 Å². The Balaban J connectivity index is 2.84. The van der Waals surface area contributed by atoms with Gasteiger partial charge in [0.1, 0.15) is 17.9 Å². The summed E-state index contributed by atoms with van der Waals surface area (Å²) in [5, 5.41) is 13.1. The fourth-order valence-corrected chi connectivity index (χ4v) is 1.81. The number of nitrogens with zero attached hydrogens (tertiary/aromatic N) is 1. The van der Waals surface area contributed by atoms with E-state index in [1.54, 1.807) is 0 Å². The lowest BCUT2D eigenvalue weighted by Gasteiger charge is -2.16. The van der Waals surface area contributed by atoms with Crippen molar-refractivity contribution in [2.45, 2.75) is 25.3 Å². The third-order valence-corrected chi connectivity index (χ3v) is 2.82. The normalized spacial score (nSPS) is 13.1. The average Bonchev–Trinajstić information content (AvgIpc) is 2.50. The molecule has 1 atom stereocenters. The lowest BCUT2D eigenvalue weighted by Crippen LogP contribution is -2.37. The Morgan fingerprint density at radius 1 is 1.19 bits per heavy atom. The molecule has 0 spiro atoms. The summed E-state index contributed by atoms with van der Waals surface area (Å²) in [6.45, 7) is -2.48. The van der Waals surface area contributed by atoms with Crippen LogP contribution < -0.4 is 10.1 Å². The van der Waals surface area contributed by atoms with Gasteiger partial charge < -0.3 is 14.8 Å². The van der Waals surface area contributed by atoms with Crippen molar-refractivity contribution in [2.24, 2.45) is 0 Å². The number of ether oxygens (including phenoxy) is 2. The van der Waals surface area contributed by atoms with Crippen molar-refractivity contribution in [3.63, 3.8) is 0 Å². The minimum absolute atomic E-state index is 0.441. The van der Waals surface area contributed by atoms with Gasteiger partial charge in [-0.05, 0) is 19.1 Å². The van der Waals surface area contributed by atoms with Crippen molar-refractivity contribution in [2.75, 3.05) is 19.8 Å². The summed E-state index contributed by atoms with van der Waals surface area (Å²) in [6.07, 6.45) is -9.22. The van der Waals surface area contributed by atoms with Crippen LogP contribution in [0.5, 0.6) is 5.75 Å². The number of hydrogen-bond acceptors (Lipinski definition) is 5. The molecule has 0 aromatic heterocycles. The SMILES string of the molecule is CC(COCC(F)(F)F)NC(=O)c1cc(OCC(F)(F)F)ccc1[N+](=O)[O-]. The number of benzene rings is 1. The highest BCUT2D eigenvalue weighted by Gasteiger charge is 2.30. The van der Waals surface area contributed by atoms with Gasteiger partial charge in [0.15, 0.2) is 6.61 Å². The van der Waals surface area contributed by atoms with Crippen LogP contribution in [0, 0.1) is 10.1 Å². The molecule has 1 N–H and O–H groups in total. The van der Waals surface area contributed by atoms with E-state index in [4.69, 9.17) is 0 Å². The second-order valence-corrected chi connectivity index (χ2v) is 5.34. The molecule has 152 valence electrons. The molecule has 0 aliphatic heterocycles. The highest BCUT2D eigenvalue weighted by molar-refractivity contribution is 5.98. The zero-order valence-electron chi connectivity index (χ0n) is 13.7. The van der Waals surface area contributed by atoms with Gasteiger partial charge in [-0.2, -0.15) is 26.3 Å². The van der Waals surface area contributed by atoms with E-state index in [0.29, 0.717) is 0 Å². The Hall–Kier alpha value is -2.57. The minimum atomic E-state index is -4.66. The predicted molar refractivity (Wildman–Crippen MR) is 78.4 cm³/mol. The second kappa shape index (κ2) is 8.88. The molecule has 1 amide bonds. The number of carbonyl (C=O) groups is 1. The first kappa shape index (κ1) is 22.5. The molecule has 0 aliphatic rings. The maximum atomic E-state index is 12.2. The van der Waals surface area contributed by atoms with E-state index in [1.165, 1.54) is 6.92 Å². The largest absolute Gasteiger partial charge is 0.484 e. The number of halogens is 6. The molecule has 1 aromatic rings. The smallest absolute Gasteiger partial charge is 0.422 e. The Morgan fingerprint density at radius 3 is 2.30 bits per heavy atom. The van der Waals surface area contributed by atoms with Crippen LogP contribution in [0.3, 0.4) is 0 Å². The van der Waals surface area contributed by atoms with Crippen LogP contribution in [0.4, 0.5) is 32.0 Å². The van der Waals surface area contributed by atoms with Gasteiger partial charge >= 0.3 is 12.4 Å². The number of carbonyl (C=O) groups excluding carboxylic acids is 1. The summed E-state index contributed by atoms with van der Waals surface area (Å²) >= 11 is 0. The van der Waals surface area contributed by atoms with Crippen LogP contribution in [-0.2, 0) is 4.74 Å². The minimum Gasteiger partial charge on any atom is -0.484 e. The van der Waals surface area contributed by atoms with E-state index in [-0.39, 0.29) is 0 Å². The number of hydrogen-bond donors (Lipinski definition) is 1. The molecular weight excluding hydrogens is 390 g/mol. The van der Waals surface area contributed by atoms with E-state index < -0.39 is 66.0 Å². The summed E-state index contributed by atoms with van der Waals surface area (Å²) in [4.78, 5) is 22.2. The fraction of sp³-hybridized carbons (Fsp3) is 0.500. The molecule has 13 heteroatoms. The summed E-state index contributed by atoms with van der Waals surface area (Å²) in [7, 11) is 0. The first-order chi connectivity index (χ1) is 12.3. The van der Waals surface area contributed by atoms with E-state index >= 15 is 0 Å². The third-order valence-electron chi connectivity index (χ3n) is 2.82. The lowest BCUT2D eigenvalue weighted by molar-refractivity contribution is -0.385. The first-order valence-corrected chi connectivity index (χ1v) is 7.22. The van der Waals surface area contributed by atoms with Gasteiger partial charge in [-0.15, -0.1) is 0 Å². The van der Waals surface area contributed by atoms with Gasteiger partial charge in [-0.25, -0.2) is 0 Å². The summed E-state index contributed by atoms with van der Waals surface area (Å²) in [5.74, 6) is -1.52. The van der Waals surface area contributed by atoms with Crippen molar-refractivity contribution in [1.82, 2.24) is 5.32 Å². The number of rotatable bonds is 8. The second-order valence-electron chi connectivity index (χ2n) is 5.34. The number of nitro benzene ring substituents is 1. The number of amides is 1. The molecule has 0 saturated carbocycles. The molecule has 1 rings (SSSR count). The zero-order chi connectivity index (χ0) is 20.8. The van der Waals surface area contributed by atoms with Crippen molar-refractivity contribution < 1.29 is 45.5 Å². The van der Waals surface area contributed by atoms with Crippen LogP contribution in [0.15, 0.2) is 18.2 Å². The molecule has 7 nitrogen and oxygen atoms in total. The predicted octanol–water partition coefficient (Wildman–Crippen LogP) is 3.23. The number of alkyl halides is 6.